The maximum atomic E-state index is 12.5. The van der Waals surface area contributed by atoms with Crippen LogP contribution >= 0.6 is 11.6 Å². The Bertz CT molecular complexity index is 566. The van der Waals surface area contributed by atoms with Crippen LogP contribution in [0.25, 0.3) is 0 Å². The van der Waals surface area contributed by atoms with Crippen molar-refractivity contribution in [3.63, 3.8) is 0 Å². The van der Waals surface area contributed by atoms with Crippen molar-refractivity contribution in [3.05, 3.63) is 65.7 Å². The lowest BCUT2D eigenvalue weighted by atomic mass is 10.0. The summed E-state index contributed by atoms with van der Waals surface area (Å²) < 4.78 is 0. The number of anilines is 1. The van der Waals surface area contributed by atoms with E-state index in [0.29, 0.717) is 5.56 Å². The van der Waals surface area contributed by atoms with E-state index in [0.717, 1.165) is 11.3 Å². The highest BCUT2D eigenvalue weighted by molar-refractivity contribution is 6.34. The van der Waals surface area contributed by atoms with Gasteiger partial charge in [-0.2, -0.15) is 0 Å². The number of ketones is 1. The van der Waals surface area contributed by atoms with Crippen LogP contribution in [0, 0.1) is 0 Å². The molecule has 0 amide bonds. The molecule has 0 fully saturated rings. The first kappa shape index (κ1) is 13.6. The fourth-order valence-corrected chi connectivity index (χ4v) is 2.24. The molecule has 0 N–H and O–H groups in total. The number of carbonyl (C=O) groups is 1. The highest BCUT2D eigenvalue weighted by Crippen LogP contribution is 2.29. The molecule has 0 saturated heterocycles. The van der Waals surface area contributed by atoms with Gasteiger partial charge in [-0.3, -0.25) is 4.79 Å². The Morgan fingerprint density at radius 1 is 1.00 bits per heavy atom. The molecule has 1 unspecified atom stereocenters. The van der Waals surface area contributed by atoms with E-state index in [9.17, 15) is 4.79 Å². The fourth-order valence-electron chi connectivity index (χ4n) is 1.98. The summed E-state index contributed by atoms with van der Waals surface area (Å²) in [5.74, 6) is -0.0721. The van der Waals surface area contributed by atoms with Crippen LogP contribution in [0.1, 0.15) is 21.3 Å². The highest BCUT2D eigenvalue weighted by Gasteiger charge is 2.22. The molecule has 0 aromatic heterocycles. The molecule has 98 valence electrons. The maximum Gasteiger partial charge on any atom is 0.187 e. The summed E-state index contributed by atoms with van der Waals surface area (Å²) in [6, 6.07) is 16.9. The number of nitrogens with zero attached hydrogens (tertiary/aromatic N) is 1. The van der Waals surface area contributed by atoms with Gasteiger partial charge in [0.2, 0.25) is 0 Å². The zero-order chi connectivity index (χ0) is 13.8. The number of hydrogen-bond donors (Lipinski definition) is 0. The average Bonchev–Trinajstić information content (AvgIpc) is 2.46. The molecule has 0 bridgehead atoms. The summed E-state index contributed by atoms with van der Waals surface area (Å²) in [4.78, 5) is 14.4. The van der Waals surface area contributed by atoms with Crippen LogP contribution in [0.4, 0.5) is 5.69 Å². The van der Waals surface area contributed by atoms with Crippen LogP contribution in [-0.4, -0.2) is 19.9 Å². The Labute approximate surface area is 118 Å². The first-order chi connectivity index (χ1) is 9.11. The number of halogens is 1. The Balaban J connectivity index is 2.35. The lowest BCUT2D eigenvalue weighted by Gasteiger charge is -2.18. The molecule has 1 atom stereocenters. The van der Waals surface area contributed by atoms with E-state index in [1.165, 1.54) is 0 Å². The zero-order valence-electron chi connectivity index (χ0n) is 11.0. The molecule has 2 nitrogen and oxygen atoms in total. The van der Waals surface area contributed by atoms with Crippen LogP contribution in [0.15, 0.2) is 54.6 Å². The predicted molar refractivity (Wildman–Crippen MR) is 80.1 cm³/mol. The molecule has 19 heavy (non-hydrogen) atoms. The lowest BCUT2D eigenvalue weighted by molar-refractivity contribution is 0.0987. The second-order valence-corrected chi connectivity index (χ2v) is 4.99. The van der Waals surface area contributed by atoms with Gasteiger partial charge in [0.15, 0.2) is 5.78 Å². The van der Waals surface area contributed by atoms with Crippen LogP contribution < -0.4 is 4.90 Å². The third kappa shape index (κ3) is 2.96. The van der Waals surface area contributed by atoms with Gasteiger partial charge < -0.3 is 4.90 Å². The van der Waals surface area contributed by atoms with Gasteiger partial charge in [0, 0.05) is 25.3 Å². The minimum absolute atomic E-state index is 0.0721. The second kappa shape index (κ2) is 5.89. The molecule has 3 heteroatoms. The molecule has 0 aliphatic carbocycles. The van der Waals surface area contributed by atoms with E-state index in [4.69, 9.17) is 11.6 Å². The van der Waals surface area contributed by atoms with E-state index in [1.54, 1.807) is 0 Å². The van der Waals surface area contributed by atoms with Crippen molar-refractivity contribution in [1.82, 2.24) is 0 Å². The van der Waals surface area contributed by atoms with E-state index >= 15 is 0 Å². The number of para-hydroxylation sites is 1. The molecule has 0 saturated carbocycles. The fraction of sp³-hybridized carbons (Fsp3) is 0.188. The molecular formula is C16H16ClNO. The maximum absolute atomic E-state index is 12.5. The van der Waals surface area contributed by atoms with Gasteiger partial charge in [0.25, 0.3) is 0 Å². The van der Waals surface area contributed by atoms with Crippen molar-refractivity contribution in [2.45, 2.75) is 5.38 Å². The third-order valence-corrected chi connectivity index (χ3v) is 3.42. The molecule has 0 aliphatic heterocycles. The third-order valence-electron chi connectivity index (χ3n) is 2.97. The first-order valence-electron chi connectivity index (χ1n) is 6.11. The summed E-state index contributed by atoms with van der Waals surface area (Å²) in [7, 11) is 3.83. The van der Waals surface area contributed by atoms with Gasteiger partial charge in [-0.25, -0.2) is 0 Å². The molecule has 0 radical (unpaired) electrons. The molecule has 2 rings (SSSR count). The zero-order valence-corrected chi connectivity index (χ0v) is 11.8. The van der Waals surface area contributed by atoms with Crippen molar-refractivity contribution in [1.29, 1.82) is 0 Å². The van der Waals surface area contributed by atoms with E-state index < -0.39 is 5.38 Å². The van der Waals surface area contributed by atoms with Gasteiger partial charge >= 0.3 is 0 Å². The SMILES string of the molecule is CN(C)c1ccccc1C(=O)C(Cl)c1ccccc1. The Morgan fingerprint density at radius 2 is 1.58 bits per heavy atom. The number of Topliss-reactive ketones (excluding diaryl/α,β-unsaturated/α-hetero) is 1. The average molecular weight is 274 g/mol. The molecule has 0 spiro atoms. The van der Waals surface area contributed by atoms with Crippen molar-refractivity contribution in [2.24, 2.45) is 0 Å². The first-order valence-corrected chi connectivity index (χ1v) is 6.54. The normalized spacial score (nSPS) is 11.9. The van der Waals surface area contributed by atoms with Crippen molar-refractivity contribution >= 4 is 23.1 Å². The van der Waals surface area contributed by atoms with Gasteiger partial charge in [-0.1, -0.05) is 42.5 Å². The van der Waals surface area contributed by atoms with Crippen LogP contribution in [0.2, 0.25) is 0 Å². The number of benzene rings is 2. The van der Waals surface area contributed by atoms with Gasteiger partial charge in [0.05, 0.1) is 0 Å². The monoisotopic (exact) mass is 273 g/mol. The Hall–Kier alpha value is -1.80. The lowest BCUT2D eigenvalue weighted by Crippen LogP contribution is -2.16. The Kier molecular flexibility index (Phi) is 4.23. The standard InChI is InChI=1S/C16H16ClNO/c1-18(2)14-11-7-6-10-13(14)16(19)15(17)12-8-4-3-5-9-12/h3-11,15H,1-2H3. The smallest absolute Gasteiger partial charge is 0.187 e. The van der Waals surface area contributed by atoms with Gasteiger partial charge in [-0.05, 0) is 17.7 Å². The predicted octanol–water partition coefficient (Wildman–Crippen LogP) is 3.92. The topological polar surface area (TPSA) is 20.3 Å². The minimum Gasteiger partial charge on any atom is -0.377 e. The number of carbonyl (C=O) groups excluding carboxylic acids is 1. The summed E-state index contributed by atoms with van der Waals surface area (Å²) in [5.41, 5.74) is 2.35. The summed E-state index contributed by atoms with van der Waals surface area (Å²) >= 11 is 6.30. The summed E-state index contributed by atoms with van der Waals surface area (Å²) in [5, 5.41) is -0.651. The van der Waals surface area contributed by atoms with Crippen molar-refractivity contribution < 1.29 is 4.79 Å². The van der Waals surface area contributed by atoms with E-state index in [2.05, 4.69) is 0 Å². The largest absolute Gasteiger partial charge is 0.377 e. The quantitative estimate of drug-likeness (QED) is 0.622. The Morgan fingerprint density at radius 3 is 2.21 bits per heavy atom. The second-order valence-electron chi connectivity index (χ2n) is 4.55. The summed E-state index contributed by atoms with van der Waals surface area (Å²) in [6.45, 7) is 0. The number of hydrogen-bond acceptors (Lipinski definition) is 2. The molecule has 0 heterocycles. The van der Waals surface area contributed by atoms with E-state index in [1.807, 2.05) is 73.6 Å². The molecular weight excluding hydrogens is 258 g/mol. The molecule has 2 aromatic carbocycles. The highest BCUT2D eigenvalue weighted by atomic mass is 35.5. The number of alkyl halides is 1. The van der Waals surface area contributed by atoms with E-state index in [-0.39, 0.29) is 5.78 Å². The van der Waals surface area contributed by atoms with Crippen molar-refractivity contribution in [2.75, 3.05) is 19.0 Å². The van der Waals surface area contributed by atoms with Crippen LogP contribution in [0.5, 0.6) is 0 Å². The van der Waals surface area contributed by atoms with Crippen molar-refractivity contribution in [3.8, 4) is 0 Å². The van der Waals surface area contributed by atoms with Gasteiger partial charge in [0.1, 0.15) is 5.38 Å². The molecule has 2 aromatic rings. The van der Waals surface area contributed by atoms with Crippen LogP contribution in [-0.2, 0) is 0 Å². The summed E-state index contributed by atoms with van der Waals surface area (Å²) in [6.07, 6.45) is 0. The van der Waals surface area contributed by atoms with Crippen LogP contribution in [0.3, 0.4) is 0 Å². The van der Waals surface area contributed by atoms with Gasteiger partial charge in [-0.15, -0.1) is 11.6 Å². The number of rotatable bonds is 4. The minimum atomic E-state index is -0.651. The molecule has 0 aliphatic rings.